The molecule has 0 aliphatic carbocycles. The normalized spacial score (nSPS) is 12.2. The molecule has 0 saturated carbocycles. The standard InChI is InChI=1S/C29H25F3N4O2/c1-4-18(2)13-26(37)20-7-5-8-21(14-20)28(38)19(3)24-11-10-23(17-34-24)36-27(29(30,31)32)15-25(35-36)22-9-6-12-33-16-22/h5-12,14-17,19H,2,4,13H2,1,3H3. The lowest BCUT2D eigenvalue weighted by molar-refractivity contribution is -0.142. The molecule has 6 nitrogen and oxygen atoms in total. The number of benzene rings is 1. The van der Waals surface area contributed by atoms with E-state index in [9.17, 15) is 22.8 Å². The van der Waals surface area contributed by atoms with Gasteiger partial charge in [0.2, 0.25) is 0 Å². The smallest absolute Gasteiger partial charge is 0.294 e. The van der Waals surface area contributed by atoms with Crippen molar-refractivity contribution in [1.82, 2.24) is 19.7 Å². The van der Waals surface area contributed by atoms with E-state index in [0.717, 1.165) is 16.3 Å². The summed E-state index contributed by atoms with van der Waals surface area (Å²) in [6.45, 7) is 7.44. The van der Waals surface area contributed by atoms with Gasteiger partial charge in [-0.05, 0) is 49.7 Å². The van der Waals surface area contributed by atoms with Crippen LogP contribution >= 0.6 is 0 Å². The number of ketones is 2. The van der Waals surface area contributed by atoms with Gasteiger partial charge < -0.3 is 0 Å². The van der Waals surface area contributed by atoms with Crippen LogP contribution in [0.15, 0.2) is 85.3 Å². The van der Waals surface area contributed by atoms with Crippen LogP contribution in [0.2, 0.25) is 0 Å². The van der Waals surface area contributed by atoms with E-state index >= 15 is 0 Å². The Morgan fingerprint density at radius 2 is 1.79 bits per heavy atom. The zero-order chi connectivity index (χ0) is 27.4. The predicted octanol–water partition coefficient (Wildman–Crippen LogP) is 6.87. The van der Waals surface area contributed by atoms with E-state index in [1.54, 1.807) is 43.3 Å². The molecule has 0 amide bonds. The third-order valence-electron chi connectivity index (χ3n) is 6.19. The summed E-state index contributed by atoms with van der Waals surface area (Å²) in [5.41, 5.74) is 1.66. The molecule has 1 unspecified atom stereocenters. The average molecular weight is 519 g/mol. The van der Waals surface area contributed by atoms with E-state index in [1.165, 1.54) is 30.7 Å². The zero-order valence-electron chi connectivity index (χ0n) is 20.9. The fraction of sp³-hybridized carbons (Fsp3) is 0.207. The van der Waals surface area contributed by atoms with Crippen LogP contribution < -0.4 is 0 Å². The topological polar surface area (TPSA) is 77.7 Å². The lowest BCUT2D eigenvalue weighted by atomic mass is 9.93. The van der Waals surface area contributed by atoms with Gasteiger partial charge in [0.25, 0.3) is 0 Å². The zero-order valence-corrected chi connectivity index (χ0v) is 20.9. The number of halogens is 3. The largest absolute Gasteiger partial charge is 0.433 e. The van der Waals surface area contributed by atoms with Gasteiger partial charge in [-0.3, -0.25) is 19.6 Å². The summed E-state index contributed by atoms with van der Waals surface area (Å²) in [7, 11) is 0. The summed E-state index contributed by atoms with van der Waals surface area (Å²) >= 11 is 0. The number of alkyl halides is 3. The van der Waals surface area contributed by atoms with Gasteiger partial charge in [-0.25, -0.2) is 4.68 Å². The molecule has 194 valence electrons. The predicted molar refractivity (Wildman–Crippen MR) is 137 cm³/mol. The van der Waals surface area contributed by atoms with Crippen molar-refractivity contribution in [2.24, 2.45) is 0 Å². The minimum atomic E-state index is -4.65. The van der Waals surface area contributed by atoms with Crippen molar-refractivity contribution in [3.63, 3.8) is 0 Å². The minimum absolute atomic E-state index is 0.0969. The fourth-order valence-corrected chi connectivity index (χ4v) is 3.90. The lowest BCUT2D eigenvalue weighted by Gasteiger charge is -2.13. The molecule has 0 bridgehead atoms. The van der Waals surface area contributed by atoms with Crippen molar-refractivity contribution in [1.29, 1.82) is 0 Å². The van der Waals surface area contributed by atoms with Gasteiger partial charge in [0, 0.05) is 35.5 Å². The number of hydrogen-bond acceptors (Lipinski definition) is 5. The van der Waals surface area contributed by atoms with Gasteiger partial charge >= 0.3 is 6.18 Å². The van der Waals surface area contributed by atoms with E-state index in [4.69, 9.17) is 0 Å². The van der Waals surface area contributed by atoms with Crippen LogP contribution in [0.25, 0.3) is 16.9 Å². The van der Waals surface area contributed by atoms with Crippen molar-refractivity contribution in [3.05, 3.63) is 108 Å². The summed E-state index contributed by atoms with van der Waals surface area (Å²) in [4.78, 5) is 33.9. The molecular formula is C29H25F3N4O2. The Morgan fingerprint density at radius 1 is 1.03 bits per heavy atom. The average Bonchev–Trinajstić information content (AvgIpc) is 3.39. The van der Waals surface area contributed by atoms with Crippen molar-refractivity contribution in [2.45, 2.75) is 38.8 Å². The second-order valence-electron chi connectivity index (χ2n) is 8.88. The highest BCUT2D eigenvalue weighted by Gasteiger charge is 2.36. The van der Waals surface area contributed by atoms with Gasteiger partial charge in [0.1, 0.15) is 5.69 Å². The Labute approximate surface area is 217 Å². The third kappa shape index (κ3) is 5.77. The highest BCUT2D eigenvalue weighted by molar-refractivity contribution is 6.04. The van der Waals surface area contributed by atoms with Gasteiger partial charge in [0.05, 0.1) is 29.2 Å². The van der Waals surface area contributed by atoms with Crippen LogP contribution in [0.3, 0.4) is 0 Å². The Bertz CT molecular complexity index is 1480. The van der Waals surface area contributed by atoms with Crippen LogP contribution in [0.4, 0.5) is 13.2 Å². The van der Waals surface area contributed by atoms with Gasteiger partial charge in [-0.15, -0.1) is 0 Å². The summed E-state index contributed by atoms with van der Waals surface area (Å²) < 4.78 is 42.1. The molecule has 3 heterocycles. The van der Waals surface area contributed by atoms with Gasteiger partial charge in [0.15, 0.2) is 11.6 Å². The first-order valence-electron chi connectivity index (χ1n) is 12.0. The Balaban J connectivity index is 1.59. The second-order valence-corrected chi connectivity index (χ2v) is 8.88. The van der Waals surface area contributed by atoms with Crippen molar-refractivity contribution in [3.8, 4) is 16.9 Å². The molecule has 0 radical (unpaired) electrons. The maximum absolute atomic E-state index is 13.8. The van der Waals surface area contributed by atoms with Gasteiger partial charge in [-0.2, -0.15) is 18.3 Å². The number of allylic oxidation sites excluding steroid dienone is 1. The highest BCUT2D eigenvalue weighted by atomic mass is 19.4. The Kier molecular flexibility index (Phi) is 7.66. The van der Waals surface area contributed by atoms with E-state index in [1.807, 2.05) is 6.92 Å². The molecule has 9 heteroatoms. The van der Waals surface area contributed by atoms with Crippen LogP contribution in [0.5, 0.6) is 0 Å². The molecule has 3 aromatic heterocycles. The molecule has 38 heavy (non-hydrogen) atoms. The van der Waals surface area contributed by atoms with Crippen LogP contribution in [-0.2, 0) is 6.18 Å². The van der Waals surface area contributed by atoms with Gasteiger partial charge in [-0.1, -0.05) is 37.3 Å². The molecular weight excluding hydrogens is 493 g/mol. The summed E-state index contributed by atoms with van der Waals surface area (Å²) in [6, 6.07) is 13.6. The number of rotatable bonds is 9. The highest BCUT2D eigenvalue weighted by Crippen LogP contribution is 2.34. The number of hydrogen-bond donors (Lipinski definition) is 0. The van der Waals surface area contributed by atoms with Crippen molar-refractivity contribution < 1.29 is 22.8 Å². The lowest BCUT2D eigenvalue weighted by Crippen LogP contribution is -2.15. The molecule has 0 fully saturated rings. The second kappa shape index (κ2) is 10.9. The number of pyridine rings is 2. The number of carbonyl (C=O) groups is 2. The molecule has 4 rings (SSSR count). The minimum Gasteiger partial charge on any atom is -0.294 e. The monoisotopic (exact) mass is 518 g/mol. The molecule has 0 saturated heterocycles. The van der Waals surface area contributed by atoms with E-state index in [2.05, 4.69) is 21.6 Å². The first kappa shape index (κ1) is 26.7. The van der Waals surface area contributed by atoms with Crippen LogP contribution in [0, 0.1) is 0 Å². The molecule has 0 aliphatic heterocycles. The van der Waals surface area contributed by atoms with Crippen LogP contribution in [-0.4, -0.2) is 31.3 Å². The molecule has 0 N–H and O–H groups in total. The van der Waals surface area contributed by atoms with Crippen LogP contribution in [0.1, 0.15) is 64.7 Å². The van der Waals surface area contributed by atoms with Crippen molar-refractivity contribution >= 4 is 11.6 Å². The first-order chi connectivity index (χ1) is 18.1. The van der Waals surface area contributed by atoms with E-state index in [0.29, 0.717) is 28.8 Å². The fourth-order valence-electron chi connectivity index (χ4n) is 3.90. The van der Waals surface area contributed by atoms with E-state index in [-0.39, 0.29) is 29.4 Å². The molecule has 0 spiro atoms. The molecule has 4 aromatic rings. The maximum Gasteiger partial charge on any atom is 0.433 e. The number of aromatic nitrogens is 4. The summed E-state index contributed by atoms with van der Waals surface area (Å²) in [6.07, 6.45) is 0.462. The number of carbonyl (C=O) groups excluding carboxylic acids is 2. The maximum atomic E-state index is 13.8. The summed E-state index contributed by atoms with van der Waals surface area (Å²) in [5.74, 6) is -1.07. The number of nitrogens with zero attached hydrogens (tertiary/aromatic N) is 4. The SMILES string of the molecule is C=C(CC)CC(=O)c1cccc(C(=O)C(C)c2ccc(-n3nc(-c4cccnc4)cc3C(F)(F)F)cn2)c1. The van der Waals surface area contributed by atoms with Crippen molar-refractivity contribution in [2.75, 3.05) is 0 Å². The Hall–Kier alpha value is -4.40. The quantitative estimate of drug-likeness (QED) is 0.178. The first-order valence-corrected chi connectivity index (χ1v) is 12.0. The third-order valence-corrected chi connectivity index (χ3v) is 6.19. The molecule has 0 aliphatic rings. The number of Topliss-reactive ketones (excluding diaryl/α,β-unsaturated/α-hetero) is 2. The Morgan fingerprint density at radius 3 is 2.42 bits per heavy atom. The van der Waals surface area contributed by atoms with E-state index < -0.39 is 17.8 Å². The molecule has 1 aromatic carbocycles. The molecule has 1 atom stereocenters. The summed E-state index contributed by atoms with van der Waals surface area (Å²) in [5, 5.41) is 4.14.